The maximum Gasteiger partial charge on any atom is 0.286 e. The molecule has 1 aromatic carbocycles. The van der Waals surface area contributed by atoms with Crippen molar-refractivity contribution in [2.75, 3.05) is 5.32 Å². The van der Waals surface area contributed by atoms with Gasteiger partial charge in [-0.05, 0) is 53.2 Å². The van der Waals surface area contributed by atoms with E-state index in [4.69, 9.17) is 16.0 Å². The number of benzene rings is 1. The average Bonchev–Trinajstić information content (AvgIpc) is 3.24. The molecule has 0 saturated carbocycles. The molecule has 2 aromatic heterocycles. The number of amides is 3. The first kappa shape index (κ1) is 20.7. The van der Waals surface area contributed by atoms with E-state index in [9.17, 15) is 14.4 Å². The van der Waals surface area contributed by atoms with Crippen LogP contribution >= 0.6 is 27.5 Å². The Morgan fingerprint density at radius 3 is 2.38 bits per heavy atom. The molecule has 150 valence electrons. The topological polar surface area (TPSA) is 105 Å². The molecule has 0 aliphatic carbocycles. The summed E-state index contributed by atoms with van der Waals surface area (Å²) >= 11 is 9.29. The van der Waals surface area contributed by atoms with Gasteiger partial charge in [0.05, 0.1) is 23.1 Å². The van der Waals surface area contributed by atoms with Gasteiger partial charge in [-0.1, -0.05) is 11.6 Å². The number of halogens is 2. The Morgan fingerprint density at radius 1 is 1.03 bits per heavy atom. The molecule has 0 saturated heterocycles. The van der Waals surface area contributed by atoms with Gasteiger partial charge in [0, 0.05) is 22.7 Å². The first-order valence-corrected chi connectivity index (χ1v) is 9.51. The number of aryl methyl sites for hydroxylation is 2. The number of carbonyl (C=O) groups excluding carboxylic acids is 3. The molecule has 0 unspecified atom stereocenters. The van der Waals surface area contributed by atoms with Crippen LogP contribution in [-0.2, 0) is 7.05 Å². The van der Waals surface area contributed by atoms with E-state index >= 15 is 0 Å². The maximum absolute atomic E-state index is 12.6. The average molecular weight is 480 g/mol. The van der Waals surface area contributed by atoms with E-state index in [1.165, 1.54) is 30.5 Å². The van der Waals surface area contributed by atoms with Gasteiger partial charge >= 0.3 is 0 Å². The Balaban J connectivity index is 1.75. The maximum atomic E-state index is 12.6. The van der Waals surface area contributed by atoms with Crippen molar-refractivity contribution in [1.82, 2.24) is 15.4 Å². The highest BCUT2D eigenvalue weighted by molar-refractivity contribution is 9.10. The Bertz CT molecular complexity index is 1110. The Hall–Kier alpha value is -3.04. The zero-order valence-corrected chi connectivity index (χ0v) is 17.7. The second kappa shape index (κ2) is 8.54. The van der Waals surface area contributed by atoms with Gasteiger partial charge in [-0.2, -0.15) is 0 Å². The number of carbonyl (C=O) groups is 3. The number of hydrogen-bond donors (Lipinski definition) is 3. The number of hydrazine groups is 1. The molecule has 3 amide bonds. The normalized spacial score (nSPS) is 10.5. The lowest BCUT2D eigenvalue weighted by molar-refractivity contribution is 0.0842. The number of rotatable bonds is 4. The second-order valence-corrected chi connectivity index (χ2v) is 7.45. The summed E-state index contributed by atoms with van der Waals surface area (Å²) in [6.07, 6.45) is 3.11. The summed E-state index contributed by atoms with van der Waals surface area (Å²) in [5.74, 6) is -1.13. The van der Waals surface area contributed by atoms with Gasteiger partial charge in [-0.25, -0.2) is 0 Å². The molecular formula is C19H16BrClN4O4. The molecule has 3 N–H and O–H groups in total. The second-order valence-electron chi connectivity index (χ2n) is 6.10. The Labute approximate surface area is 179 Å². The van der Waals surface area contributed by atoms with E-state index in [1.807, 2.05) is 0 Å². The van der Waals surface area contributed by atoms with Crippen molar-refractivity contribution < 1.29 is 18.8 Å². The van der Waals surface area contributed by atoms with E-state index in [0.29, 0.717) is 22.0 Å². The van der Waals surface area contributed by atoms with Crippen LogP contribution in [0.5, 0.6) is 0 Å². The van der Waals surface area contributed by atoms with E-state index in [2.05, 4.69) is 32.1 Å². The molecule has 0 radical (unpaired) electrons. The molecule has 3 rings (SSSR count). The van der Waals surface area contributed by atoms with Gasteiger partial charge in [0.1, 0.15) is 11.5 Å². The largest absolute Gasteiger partial charge is 0.469 e. The molecule has 8 nitrogen and oxygen atoms in total. The zero-order valence-electron chi connectivity index (χ0n) is 15.4. The third-order valence-electron chi connectivity index (χ3n) is 4.07. The number of aromatic nitrogens is 1. The third-order valence-corrected chi connectivity index (χ3v) is 4.74. The van der Waals surface area contributed by atoms with Crippen molar-refractivity contribution in [3.63, 3.8) is 0 Å². The lowest BCUT2D eigenvalue weighted by Gasteiger charge is -2.13. The number of furan rings is 1. The van der Waals surface area contributed by atoms with Crippen molar-refractivity contribution in [3.8, 4) is 0 Å². The molecule has 0 aliphatic heterocycles. The lowest BCUT2D eigenvalue weighted by atomic mass is 10.1. The van der Waals surface area contributed by atoms with E-state index in [1.54, 1.807) is 30.8 Å². The lowest BCUT2D eigenvalue weighted by Crippen LogP contribution is -2.42. The van der Waals surface area contributed by atoms with Crippen molar-refractivity contribution in [2.24, 2.45) is 7.05 Å². The van der Waals surface area contributed by atoms with E-state index in [0.717, 1.165) is 4.47 Å². The summed E-state index contributed by atoms with van der Waals surface area (Å²) in [5.41, 5.74) is 5.67. The number of nitrogens with one attached hydrogen (secondary N) is 3. The molecule has 0 spiro atoms. The summed E-state index contributed by atoms with van der Waals surface area (Å²) in [7, 11) is 1.70. The monoisotopic (exact) mass is 478 g/mol. The van der Waals surface area contributed by atoms with Gasteiger partial charge in [0.25, 0.3) is 17.7 Å². The molecular weight excluding hydrogens is 464 g/mol. The molecule has 3 aromatic rings. The van der Waals surface area contributed by atoms with Crippen molar-refractivity contribution >= 4 is 50.9 Å². The summed E-state index contributed by atoms with van der Waals surface area (Å²) in [4.78, 5) is 37.3. The Morgan fingerprint density at radius 2 is 1.76 bits per heavy atom. The van der Waals surface area contributed by atoms with Gasteiger partial charge in [0.15, 0.2) is 0 Å². The SMILES string of the molecule is Cc1occc1C(=O)Nc1cc(Cl)ccc1C(=O)NNC(=O)c1cc(Br)cn1C. The van der Waals surface area contributed by atoms with Crippen LogP contribution in [0.25, 0.3) is 0 Å². The van der Waals surface area contributed by atoms with Crippen LogP contribution in [-0.4, -0.2) is 22.3 Å². The highest BCUT2D eigenvalue weighted by atomic mass is 79.9. The van der Waals surface area contributed by atoms with Crippen LogP contribution in [0, 0.1) is 6.92 Å². The minimum Gasteiger partial charge on any atom is -0.469 e. The standard InChI is InChI=1S/C19H16BrClN4O4/c1-10-13(5-6-29-10)17(26)22-15-8-12(21)3-4-14(15)18(27)23-24-19(28)16-7-11(20)9-25(16)2/h3-9H,1-2H3,(H,22,26)(H,23,27)(H,24,28). The predicted molar refractivity (Wildman–Crippen MR) is 111 cm³/mol. The highest BCUT2D eigenvalue weighted by Gasteiger charge is 2.18. The van der Waals surface area contributed by atoms with Crippen LogP contribution in [0.15, 0.2) is 51.7 Å². The van der Waals surface area contributed by atoms with Gasteiger partial charge in [-0.3, -0.25) is 25.2 Å². The molecule has 0 fully saturated rings. The van der Waals surface area contributed by atoms with Crippen LogP contribution in [0.4, 0.5) is 5.69 Å². The van der Waals surface area contributed by atoms with Crippen molar-refractivity contribution in [2.45, 2.75) is 6.92 Å². The van der Waals surface area contributed by atoms with Crippen molar-refractivity contribution in [1.29, 1.82) is 0 Å². The minimum atomic E-state index is -0.623. The fourth-order valence-corrected chi connectivity index (χ4v) is 3.32. The first-order chi connectivity index (χ1) is 13.8. The van der Waals surface area contributed by atoms with Crippen LogP contribution in [0.2, 0.25) is 5.02 Å². The third kappa shape index (κ3) is 4.69. The summed E-state index contributed by atoms with van der Waals surface area (Å²) in [6.45, 7) is 1.65. The molecule has 0 atom stereocenters. The minimum absolute atomic E-state index is 0.122. The van der Waals surface area contributed by atoms with Crippen LogP contribution < -0.4 is 16.2 Å². The Kier molecular flexibility index (Phi) is 6.09. The first-order valence-electron chi connectivity index (χ1n) is 8.34. The molecule has 0 aliphatic rings. The van der Waals surface area contributed by atoms with Crippen LogP contribution in [0.1, 0.15) is 37.0 Å². The molecule has 10 heteroatoms. The fourth-order valence-electron chi connectivity index (χ4n) is 2.62. The highest BCUT2D eigenvalue weighted by Crippen LogP contribution is 2.22. The summed E-state index contributed by atoms with van der Waals surface area (Å²) in [6, 6.07) is 7.53. The van der Waals surface area contributed by atoms with E-state index in [-0.39, 0.29) is 11.3 Å². The number of hydrogen-bond acceptors (Lipinski definition) is 4. The van der Waals surface area contributed by atoms with Gasteiger partial charge in [-0.15, -0.1) is 0 Å². The van der Waals surface area contributed by atoms with Gasteiger partial charge in [0.2, 0.25) is 0 Å². The summed E-state index contributed by atoms with van der Waals surface area (Å²) in [5, 5.41) is 2.97. The predicted octanol–water partition coefficient (Wildman–Crippen LogP) is 3.67. The summed E-state index contributed by atoms with van der Waals surface area (Å²) < 4.78 is 7.46. The number of anilines is 1. The van der Waals surface area contributed by atoms with E-state index < -0.39 is 17.7 Å². The zero-order chi connectivity index (χ0) is 21.1. The fraction of sp³-hybridized carbons (Fsp3) is 0.105. The van der Waals surface area contributed by atoms with Gasteiger partial charge < -0.3 is 14.3 Å². The molecule has 0 bridgehead atoms. The number of nitrogens with zero attached hydrogens (tertiary/aromatic N) is 1. The van der Waals surface area contributed by atoms with Crippen molar-refractivity contribution in [3.05, 3.63) is 74.9 Å². The molecule has 2 heterocycles. The van der Waals surface area contributed by atoms with Crippen LogP contribution in [0.3, 0.4) is 0 Å². The quantitative estimate of drug-likeness (QED) is 0.497. The molecule has 29 heavy (non-hydrogen) atoms. The smallest absolute Gasteiger partial charge is 0.286 e.